The number of amides is 1. The summed E-state index contributed by atoms with van der Waals surface area (Å²) in [6.45, 7) is 1.31. The van der Waals surface area contributed by atoms with Crippen LogP contribution in [0.2, 0.25) is 0 Å². The number of benzene rings is 2. The Bertz CT molecular complexity index is 1230. The average molecular weight is 390 g/mol. The Kier molecular flexibility index (Phi) is 5.69. The van der Waals surface area contributed by atoms with Crippen molar-refractivity contribution in [3.05, 3.63) is 74.9 Å². The van der Waals surface area contributed by atoms with Gasteiger partial charge in [-0.2, -0.15) is 5.26 Å². The lowest BCUT2D eigenvalue weighted by Gasteiger charge is -2.11. The number of H-pyrrole nitrogens is 1. The fourth-order valence-corrected chi connectivity index (χ4v) is 2.90. The third kappa shape index (κ3) is 4.14. The summed E-state index contributed by atoms with van der Waals surface area (Å²) >= 11 is 0. The molecule has 0 saturated carbocycles. The number of Topliss-reactive ketones (excluding diaryl/α,β-unsaturated/α-hetero) is 1. The number of aromatic amines is 1. The van der Waals surface area contributed by atoms with E-state index < -0.39 is 35.4 Å². The molecule has 0 saturated heterocycles. The molecular formula is C21H18N4O4. The molecule has 0 bridgehead atoms. The monoisotopic (exact) mass is 390 g/mol. The fourth-order valence-electron chi connectivity index (χ4n) is 2.90. The van der Waals surface area contributed by atoms with Crippen molar-refractivity contribution < 1.29 is 9.59 Å². The lowest BCUT2D eigenvalue weighted by molar-refractivity contribution is -0.129. The van der Waals surface area contributed by atoms with E-state index in [-0.39, 0.29) is 5.39 Å². The van der Waals surface area contributed by atoms with Gasteiger partial charge in [-0.05, 0) is 36.2 Å². The summed E-state index contributed by atoms with van der Waals surface area (Å²) in [5.74, 6) is -3.32. The first-order valence-electron chi connectivity index (χ1n) is 8.98. The highest BCUT2D eigenvalue weighted by molar-refractivity contribution is 6.09. The van der Waals surface area contributed by atoms with Crippen LogP contribution in [-0.4, -0.2) is 21.2 Å². The van der Waals surface area contributed by atoms with Gasteiger partial charge in [0.25, 0.3) is 5.56 Å². The third-order valence-electron chi connectivity index (χ3n) is 4.55. The minimum absolute atomic E-state index is 0.230. The van der Waals surface area contributed by atoms with Crippen molar-refractivity contribution in [2.45, 2.75) is 19.9 Å². The van der Waals surface area contributed by atoms with E-state index in [1.165, 1.54) is 6.07 Å². The molecule has 3 aromatic rings. The first kappa shape index (κ1) is 19.8. The molecule has 1 amide bonds. The average Bonchev–Trinajstić information content (AvgIpc) is 2.72. The van der Waals surface area contributed by atoms with E-state index in [4.69, 9.17) is 0 Å². The van der Waals surface area contributed by atoms with Gasteiger partial charge in [0, 0.05) is 5.69 Å². The molecule has 8 nitrogen and oxygen atoms in total. The molecule has 1 aromatic heterocycles. The molecule has 0 fully saturated rings. The molecule has 2 N–H and O–H groups in total. The summed E-state index contributed by atoms with van der Waals surface area (Å²) in [6.07, 6.45) is 0.836. The highest BCUT2D eigenvalue weighted by atomic mass is 16.2. The van der Waals surface area contributed by atoms with Crippen molar-refractivity contribution in [1.82, 2.24) is 9.55 Å². The predicted molar refractivity (Wildman–Crippen MR) is 107 cm³/mol. The number of ketones is 1. The maximum atomic E-state index is 12.5. The maximum Gasteiger partial charge on any atom is 0.329 e. The molecule has 2 aromatic carbocycles. The second-order valence-corrected chi connectivity index (χ2v) is 6.44. The van der Waals surface area contributed by atoms with Crippen LogP contribution < -0.4 is 16.6 Å². The Hall–Kier alpha value is -3.99. The molecule has 1 unspecified atom stereocenters. The lowest BCUT2D eigenvalue weighted by Crippen LogP contribution is -2.40. The van der Waals surface area contributed by atoms with Gasteiger partial charge in [-0.3, -0.25) is 19.0 Å². The summed E-state index contributed by atoms with van der Waals surface area (Å²) in [7, 11) is 0. The number of rotatable bonds is 6. The number of aromatic nitrogens is 2. The van der Waals surface area contributed by atoms with Crippen LogP contribution in [-0.2, 0) is 22.6 Å². The molecule has 146 valence electrons. The van der Waals surface area contributed by atoms with Gasteiger partial charge >= 0.3 is 5.69 Å². The summed E-state index contributed by atoms with van der Waals surface area (Å²) in [5, 5.41) is 12.1. The van der Waals surface area contributed by atoms with Gasteiger partial charge in [0.05, 0.1) is 23.5 Å². The molecule has 8 heteroatoms. The Labute approximate surface area is 165 Å². The highest BCUT2D eigenvalue weighted by Gasteiger charge is 2.27. The fraction of sp³-hybridized carbons (Fsp3) is 0.190. The molecule has 0 aliphatic heterocycles. The highest BCUT2D eigenvalue weighted by Crippen LogP contribution is 2.12. The van der Waals surface area contributed by atoms with Gasteiger partial charge in [0.2, 0.25) is 5.91 Å². The van der Waals surface area contributed by atoms with Crippen molar-refractivity contribution in [2.75, 3.05) is 5.32 Å². The third-order valence-corrected chi connectivity index (χ3v) is 4.55. The molecule has 3 rings (SSSR count). The van der Waals surface area contributed by atoms with E-state index in [2.05, 4.69) is 10.3 Å². The molecule has 0 aliphatic carbocycles. The SMILES string of the molecule is CCc1ccc(NC(=O)C(C#N)C(=O)Cn2c(=O)[nH]c3ccccc3c2=O)cc1. The number of carbonyl (C=O) groups excluding carboxylic acids is 2. The number of fused-ring (bicyclic) bond motifs is 1. The Morgan fingerprint density at radius 2 is 1.83 bits per heavy atom. The topological polar surface area (TPSA) is 125 Å². The molecule has 0 spiro atoms. The summed E-state index contributed by atoms with van der Waals surface area (Å²) in [6, 6.07) is 15.0. The van der Waals surface area contributed by atoms with E-state index in [0.717, 1.165) is 12.0 Å². The number of nitriles is 1. The largest absolute Gasteiger partial charge is 0.329 e. The molecular weight excluding hydrogens is 372 g/mol. The van der Waals surface area contributed by atoms with Crippen LogP contribution in [0.3, 0.4) is 0 Å². The van der Waals surface area contributed by atoms with E-state index in [0.29, 0.717) is 15.8 Å². The number of hydrogen-bond acceptors (Lipinski definition) is 5. The normalized spacial score (nSPS) is 11.6. The minimum atomic E-state index is -1.65. The van der Waals surface area contributed by atoms with Crippen molar-refractivity contribution in [1.29, 1.82) is 5.26 Å². The van der Waals surface area contributed by atoms with Crippen LogP contribution in [0.1, 0.15) is 12.5 Å². The van der Waals surface area contributed by atoms with Gasteiger partial charge < -0.3 is 10.3 Å². The van der Waals surface area contributed by atoms with E-state index >= 15 is 0 Å². The number of hydrogen-bond donors (Lipinski definition) is 2. The van der Waals surface area contributed by atoms with Crippen LogP contribution in [0.4, 0.5) is 5.69 Å². The predicted octanol–water partition coefficient (Wildman–Crippen LogP) is 1.60. The number of nitrogens with zero attached hydrogens (tertiary/aromatic N) is 2. The van der Waals surface area contributed by atoms with E-state index in [1.807, 2.05) is 19.1 Å². The van der Waals surface area contributed by atoms with Crippen LogP contribution in [0.5, 0.6) is 0 Å². The lowest BCUT2D eigenvalue weighted by atomic mass is 10.0. The van der Waals surface area contributed by atoms with E-state index in [1.54, 1.807) is 36.4 Å². The Balaban J connectivity index is 1.82. The standard InChI is InChI=1S/C21H18N4O4/c1-2-13-7-9-14(10-8-13)23-19(27)16(11-22)18(26)12-25-20(28)15-5-3-4-6-17(15)24-21(25)29/h3-10,16H,2,12H2,1H3,(H,23,27)(H,24,29). The number of para-hydroxylation sites is 1. The van der Waals surface area contributed by atoms with Crippen LogP contribution in [0, 0.1) is 17.2 Å². The number of nitrogens with one attached hydrogen (secondary N) is 2. The van der Waals surface area contributed by atoms with Gasteiger partial charge in [0.15, 0.2) is 11.7 Å². The minimum Gasteiger partial charge on any atom is -0.325 e. The van der Waals surface area contributed by atoms with Crippen molar-refractivity contribution in [3.63, 3.8) is 0 Å². The number of carbonyl (C=O) groups is 2. The quantitative estimate of drug-likeness (QED) is 0.619. The molecule has 29 heavy (non-hydrogen) atoms. The Morgan fingerprint density at radius 1 is 1.14 bits per heavy atom. The molecule has 0 aliphatic rings. The number of anilines is 1. The molecule has 1 atom stereocenters. The van der Waals surface area contributed by atoms with Gasteiger partial charge in [-0.25, -0.2) is 4.79 Å². The second kappa shape index (κ2) is 8.35. The number of aryl methyl sites for hydroxylation is 1. The van der Waals surface area contributed by atoms with Crippen LogP contribution >= 0.6 is 0 Å². The van der Waals surface area contributed by atoms with Gasteiger partial charge in [0.1, 0.15) is 0 Å². The van der Waals surface area contributed by atoms with Crippen molar-refractivity contribution in [3.8, 4) is 6.07 Å². The first-order chi connectivity index (χ1) is 13.9. The smallest absolute Gasteiger partial charge is 0.325 e. The van der Waals surface area contributed by atoms with Crippen molar-refractivity contribution >= 4 is 28.3 Å². The van der Waals surface area contributed by atoms with Gasteiger partial charge in [-0.1, -0.05) is 31.2 Å². The maximum absolute atomic E-state index is 12.5. The zero-order valence-corrected chi connectivity index (χ0v) is 15.6. The van der Waals surface area contributed by atoms with E-state index in [9.17, 15) is 24.4 Å². The Morgan fingerprint density at radius 3 is 2.48 bits per heavy atom. The summed E-state index contributed by atoms with van der Waals surface area (Å²) in [4.78, 5) is 52.1. The second-order valence-electron chi connectivity index (χ2n) is 6.44. The first-order valence-corrected chi connectivity index (χ1v) is 8.98. The van der Waals surface area contributed by atoms with Crippen LogP contribution in [0.15, 0.2) is 58.1 Å². The van der Waals surface area contributed by atoms with Crippen LogP contribution in [0.25, 0.3) is 10.9 Å². The molecule has 0 radical (unpaired) electrons. The van der Waals surface area contributed by atoms with Gasteiger partial charge in [-0.15, -0.1) is 0 Å². The molecule has 1 heterocycles. The summed E-state index contributed by atoms with van der Waals surface area (Å²) < 4.78 is 0.693. The zero-order chi connectivity index (χ0) is 21.0. The zero-order valence-electron chi connectivity index (χ0n) is 15.6. The summed E-state index contributed by atoms with van der Waals surface area (Å²) in [5.41, 5.74) is 0.419. The van der Waals surface area contributed by atoms with Crippen molar-refractivity contribution in [2.24, 2.45) is 5.92 Å².